The number of Topliss-reactive ketones (excluding diaryl/α,β-unsaturated/α-hetero) is 1. The lowest BCUT2D eigenvalue weighted by Crippen LogP contribution is -2.32. The van der Waals surface area contributed by atoms with Gasteiger partial charge in [0.25, 0.3) is 0 Å². The molecule has 0 unspecified atom stereocenters. The number of rotatable bonds is 1. The lowest BCUT2D eigenvalue weighted by Gasteiger charge is -2.17. The molecule has 60 valence electrons. The molecular weight excluding hydrogens is 144 g/mol. The fourth-order valence-electron chi connectivity index (χ4n) is 2.33. The third-order valence-electron chi connectivity index (χ3n) is 3.09. The zero-order chi connectivity index (χ0) is 8.06. The van der Waals surface area contributed by atoms with E-state index < -0.39 is 11.4 Å². The Kier molecular flexibility index (Phi) is 1.14. The topological polar surface area (TPSA) is 54.4 Å². The number of fused-ring (bicyclic) bond motifs is 2. The molecule has 11 heavy (non-hydrogen) atoms. The van der Waals surface area contributed by atoms with E-state index in [0.29, 0.717) is 12.8 Å². The molecule has 0 atom stereocenters. The van der Waals surface area contributed by atoms with Crippen molar-refractivity contribution in [3.05, 3.63) is 0 Å². The maximum Gasteiger partial charge on any atom is 0.317 e. The van der Waals surface area contributed by atoms with Crippen LogP contribution in [0.25, 0.3) is 0 Å². The molecule has 0 aromatic rings. The summed E-state index contributed by atoms with van der Waals surface area (Å²) in [5.74, 6) is -0.835. The summed E-state index contributed by atoms with van der Waals surface area (Å²) in [6.07, 6.45) is 2.74. The molecule has 0 saturated heterocycles. The van der Waals surface area contributed by atoms with E-state index in [1.165, 1.54) is 0 Å². The van der Waals surface area contributed by atoms with Crippen LogP contribution in [0.3, 0.4) is 0 Å². The van der Waals surface area contributed by atoms with Crippen LogP contribution in [0.15, 0.2) is 0 Å². The molecule has 0 amide bonds. The first kappa shape index (κ1) is 6.83. The monoisotopic (exact) mass is 154 g/mol. The number of carboxylic acid groups (broad SMARTS) is 1. The summed E-state index contributed by atoms with van der Waals surface area (Å²) in [7, 11) is 0. The van der Waals surface area contributed by atoms with Crippen LogP contribution in [-0.4, -0.2) is 16.9 Å². The highest BCUT2D eigenvalue weighted by molar-refractivity contribution is 6.07. The molecule has 2 bridgehead atoms. The highest BCUT2D eigenvalue weighted by atomic mass is 16.4. The van der Waals surface area contributed by atoms with Crippen LogP contribution in [0, 0.1) is 11.3 Å². The summed E-state index contributed by atoms with van der Waals surface area (Å²) in [4.78, 5) is 22.1. The number of aliphatic carboxylic acids is 1. The molecule has 2 saturated carbocycles. The fraction of sp³-hybridized carbons (Fsp3) is 0.750. The first-order valence-electron chi connectivity index (χ1n) is 3.94. The van der Waals surface area contributed by atoms with Crippen LogP contribution < -0.4 is 0 Å². The third-order valence-corrected chi connectivity index (χ3v) is 3.09. The Bertz CT molecular complexity index is 223. The Hall–Kier alpha value is -0.860. The largest absolute Gasteiger partial charge is 0.480 e. The number of hydrogen-bond donors (Lipinski definition) is 1. The number of carboxylic acids is 1. The second kappa shape index (κ2) is 1.84. The van der Waals surface area contributed by atoms with Crippen molar-refractivity contribution in [2.24, 2.45) is 11.3 Å². The second-order valence-corrected chi connectivity index (χ2v) is 3.53. The molecule has 1 N–H and O–H groups in total. The average molecular weight is 154 g/mol. The van der Waals surface area contributed by atoms with Crippen molar-refractivity contribution in [1.82, 2.24) is 0 Å². The van der Waals surface area contributed by atoms with E-state index in [-0.39, 0.29) is 11.7 Å². The Morgan fingerprint density at radius 1 is 1.45 bits per heavy atom. The third kappa shape index (κ3) is 0.633. The van der Waals surface area contributed by atoms with Gasteiger partial charge in [-0.25, -0.2) is 0 Å². The maximum atomic E-state index is 11.4. The van der Waals surface area contributed by atoms with Crippen LogP contribution >= 0.6 is 0 Å². The average Bonchev–Trinajstić information content (AvgIpc) is 2.46. The Morgan fingerprint density at radius 2 is 2.00 bits per heavy atom. The number of carbonyl (C=O) groups is 2. The smallest absolute Gasteiger partial charge is 0.317 e. The molecule has 2 fully saturated rings. The Labute approximate surface area is 64.4 Å². The Morgan fingerprint density at radius 3 is 2.18 bits per heavy atom. The van der Waals surface area contributed by atoms with Crippen molar-refractivity contribution in [2.45, 2.75) is 25.7 Å². The summed E-state index contributed by atoms with van der Waals surface area (Å²) in [6, 6.07) is 0. The molecule has 0 aliphatic heterocycles. The van der Waals surface area contributed by atoms with Crippen LogP contribution in [-0.2, 0) is 9.59 Å². The van der Waals surface area contributed by atoms with E-state index >= 15 is 0 Å². The molecule has 3 nitrogen and oxygen atoms in total. The van der Waals surface area contributed by atoms with Gasteiger partial charge in [-0.3, -0.25) is 9.59 Å². The summed E-state index contributed by atoms with van der Waals surface area (Å²) in [5.41, 5.74) is -0.954. The van der Waals surface area contributed by atoms with E-state index in [1.807, 2.05) is 0 Å². The normalized spacial score (nSPS) is 41.5. The minimum atomic E-state index is -0.954. The fourth-order valence-corrected chi connectivity index (χ4v) is 2.33. The van der Waals surface area contributed by atoms with Gasteiger partial charge in [0.05, 0.1) is 0 Å². The van der Waals surface area contributed by atoms with Crippen molar-refractivity contribution in [3.63, 3.8) is 0 Å². The van der Waals surface area contributed by atoms with Gasteiger partial charge in [0.2, 0.25) is 0 Å². The van der Waals surface area contributed by atoms with Gasteiger partial charge in [-0.1, -0.05) is 0 Å². The highest BCUT2D eigenvalue weighted by Gasteiger charge is 2.57. The van der Waals surface area contributed by atoms with E-state index in [9.17, 15) is 9.59 Å². The SMILES string of the molecule is O=C(O)C12CCC(CC1)C2=O. The van der Waals surface area contributed by atoms with Gasteiger partial charge < -0.3 is 5.11 Å². The van der Waals surface area contributed by atoms with Crippen LogP contribution in [0.4, 0.5) is 0 Å². The number of hydrogen-bond acceptors (Lipinski definition) is 2. The highest BCUT2D eigenvalue weighted by Crippen LogP contribution is 2.51. The molecule has 0 heterocycles. The van der Waals surface area contributed by atoms with Gasteiger partial charge >= 0.3 is 5.97 Å². The van der Waals surface area contributed by atoms with E-state index in [2.05, 4.69) is 0 Å². The maximum absolute atomic E-state index is 11.4. The summed E-state index contributed by atoms with van der Waals surface area (Å²) in [6.45, 7) is 0. The van der Waals surface area contributed by atoms with Crippen LogP contribution in [0.2, 0.25) is 0 Å². The lowest BCUT2D eigenvalue weighted by molar-refractivity contribution is -0.152. The second-order valence-electron chi connectivity index (χ2n) is 3.53. The summed E-state index contributed by atoms with van der Waals surface area (Å²) in [5, 5.41) is 8.84. The first-order valence-corrected chi connectivity index (χ1v) is 3.94. The molecule has 0 aromatic heterocycles. The van der Waals surface area contributed by atoms with Gasteiger partial charge in [-0.05, 0) is 25.7 Å². The minimum Gasteiger partial charge on any atom is -0.480 e. The van der Waals surface area contributed by atoms with Crippen molar-refractivity contribution in [3.8, 4) is 0 Å². The standard InChI is InChI=1S/C8H10O3/c9-6-5-1-3-8(6,4-2-5)7(10)11/h5H,1-4H2,(H,10,11). The zero-order valence-electron chi connectivity index (χ0n) is 6.17. The van der Waals surface area contributed by atoms with Crippen molar-refractivity contribution in [2.75, 3.05) is 0 Å². The predicted molar refractivity (Wildman–Crippen MR) is 37.0 cm³/mol. The number of carbonyl (C=O) groups excluding carboxylic acids is 1. The Balaban J connectivity index is 2.39. The lowest BCUT2D eigenvalue weighted by atomic mass is 9.84. The van der Waals surface area contributed by atoms with Crippen molar-refractivity contribution >= 4 is 11.8 Å². The molecule has 2 rings (SSSR count). The van der Waals surface area contributed by atoms with Crippen LogP contribution in [0.1, 0.15) is 25.7 Å². The van der Waals surface area contributed by atoms with E-state index in [0.717, 1.165) is 12.8 Å². The van der Waals surface area contributed by atoms with Crippen molar-refractivity contribution in [1.29, 1.82) is 0 Å². The molecule has 3 heteroatoms. The minimum absolute atomic E-state index is 0.00926. The molecular formula is C8H10O3. The molecule has 2 aliphatic carbocycles. The summed E-state index contributed by atoms with van der Waals surface area (Å²) >= 11 is 0. The van der Waals surface area contributed by atoms with E-state index in [1.54, 1.807) is 0 Å². The molecule has 2 aliphatic rings. The molecule has 0 spiro atoms. The van der Waals surface area contributed by atoms with Gasteiger partial charge in [-0.15, -0.1) is 0 Å². The molecule has 0 radical (unpaired) electrons. The molecule has 0 aromatic carbocycles. The zero-order valence-corrected chi connectivity index (χ0v) is 6.17. The summed E-state index contributed by atoms with van der Waals surface area (Å²) < 4.78 is 0. The first-order chi connectivity index (χ1) is 5.17. The van der Waals surface area contributed by atoms with E-state index in [4.69, 9.17) is 5.11 Å². The van der Waals surface area contributed by atoms with Crippen LogP contribution in [0.5, 0.6) is 0 Å². The quantitative estimate of drug-likeness (QED) is 0.569. The van der Waals surface area contributed by atoms with Gasteiger partial charge in [0, 0.05) is 5.92 Å². The predicted octanol–water partition coefficient (Wildman–Crippen LogP) is 0.830. The van der Waals surface area contributed by atoms with Gasteiger partial charge in [-0.2, -0.15) is 0 Å². The van der Waals surface area contributed by atoms with Gasteiger partial charge in [0.15, 0.2) is 5.78 Å². The van der Waals surface area contributed by atoms with Gasteiger partial charge in [0.1, 0.15) is 5.41 Å². The van der Waals surface area contributed by atoms with Crippen molar-refractivity contribution < 1.29 is 14.7 Å². The number of ketones is 1.